The molecule has 2 aliphatic rings. The van der Waals surface area contributed by atoms with Crippen molar-refractivity contribution in [2.24, 2.45) is 5.92 Å². The van der Waals surface area contributed by atoms with Gasteiger partial charge in [0.2, 0.25) is 23.6 Å². The van der Waals surface area contributed by atoms with Gasteiger partial charge in [-0.2, -0.15) is 0 Å². The lowest BCUT2D eigenvalue weighted by Gasteiger charge is -2.34. The van der Waals surface area contributed by atoms with Gasteiger partial charge in [0.1, 0.15) is 18.2 Å². The van der Waals surface area contributed by atoms with E-state index in [4.69, 9.17) is 4.74 Å². The highest BCUT2D eigenvalue weighted by molar-refractivity contribution is 8.76. The van der Waals surface area contributed by atoms with Crippen LogP contribution in [-0.2, 0) is 28.7 Å². The Morgan fingerprint density at radius 1 is 0.968 bits per heavy atom. The number of hydrogen-bond acceptors (Lipinski definition) is 8. The molecule has 0 saturated carbocycles. The van der Waals surface area contributed by atoms with Crippen molar-refractivity contribution in [2.45, 2.75) is 38.3 Å². The van der Waals surface area contributed by atoms with Crippen LogP contribution in [0.2, 0.25) is 0 Å². The predicted molar refractivity (Wildman–Crippen MR) is 118 cm³/mol. The van der Waals surface area contributed by atoms with E-state index in [0.717, 1.165) is 5.75 Å². The second-order valence-electron chi connectivity index (χ2n) is 7.45. The van der Waals surface area contributed by atoms with Gasteiger partial charge in [-0.15, -0.1) is 0 Å². The van der Waals surface area contributed by atoms with Crippen LogP contribution in [0.1, 0.15) is 26.7 Å². The summed E-state index contributed by atoms with van der Waals surface area (Å²) in [6.45, 7) is 2.58. The molecule has 4 amide bonds. The van der Waals surface area contributed by atoms with Crippen LogP contribution in [0.3, 0.4) is 0 Å². The third-order valence-corrected chi connectivity index (χ3v) is 7.20. The number of allylic oxidation sites excluding steroid dienone is 1. The van der Waals surface area contributed by atoms with E-state index in [-0.39, 0.29) is 25.4 Å². The Morgan fingerprint density at radius 2 is 1.68 bits per heavy atom. The summed E-state index contributed by atoms with van der Waals surface area (Å²) >= 11 is 0. The minimum absolute atomic E-state index is 0.181. The third-order valence-electron chi connectivity index (χ3n) is 4.75. The predicted octanol–water partition coefficient (Wildman–Crippen LogP) is -0.497. The molecule has 12 heteroatoms. The number of amides is 4. The summed E-state index contributed by atoms with van der Waals surface area (Å²) in [5.74, 6) is -2.05. The van der Waals surface area contributed by atoms with Crippen LogP contribution in [0, 0.1) is 5.92 Å². The fraction of sp³-hybridized carbons (Fsp3) is 0.632. The highest BCUT2D eigenvalue weighted by atomic mass is 33.1. The van der Waals surface area contributed by atoms with Crippen LogP contribution in [0.25, 0.3) is 0 Å². The van der Waals surface area contributed by atoms with Gasteiger partial charge in [0, 0.05) is 11.5 Å². The largest absolute Gasteiger partial charge is 0.453 e. The second-order valence-corrected chi connectivity index (χ2v) is 10.1. The zero-order chi connectivity index (χ0) is 22.9. The lowest BCUT2D eigenvalue weighted by molar-refractivity contribution is -0.161. The van der Waals surface area contributed by atoms with Gasteiger partial charge < -0.3 is 26.0 Å². The van der Waals surface area contributed by atoms with Gasteiger partial charge in [0.15, 0.2) is 0 Å². The standard InChI is InChI=1S/C19H28N4O6S2/c1-12(2)19-5-3-4-6-30-31-11-13(23-16(26)9-20-14(24)7-19)18(28)22-8-15(25)21-10-17(27)29-19/h3,5,12-13H,4,6-11H2,1-2H3,(H,20,24)(H,21,25)(H,22,28)(H,23,26). The number of rotatable bonds is 1. The lowest BCUT2D eigenvalue weighted by atomic mass is 9.85. The van der Waals surface area contributed by atoms with Crippen LogP contribution < -0.4 is 21.3 Å². The zero-order valence-electron chi connectivity index (χ0n) is 17.5. The quantitative estimate of drug-likeness (QED) is 0.227. The van der Waals surface area contributed by atoms with Gasteiger partial charge in [-0.05, 0) is 18.4 Å². The number of fused-ring (bicyclic) bond motifs is 7. The third kappa shape index (κ3) is 8.09. The van der Waals surface area contributed by atoms with Gasteiger partial charge in [-0.25, -0.2) is 0 Å². The molecule has 10 nitrogen and oxygen atoms in total. The van der Waals surface area contributed by atoms with Crippen molar-refractivity contribution in [2.75, 3.05) is 31.1 Å². The smallest absolute Gasteiger partial charge is 0.326 e. The van der Waals surface area contributed by atoms with E-state index in [1.165, 1.54) is 21.6 Å². The van der Waals surface area contributed by atoms with Gasteiger partial charge in [0.25, 0.3) is 0 Å². The summed E-state index contributed by atoms with van der Waals surface area (Å²) in [7, 11) is 2.95. The molecule has 31 heavy (non-hydrogen) atoms. The van der Waals surface area contributed by atoms with Crippen LogP contribution in [-0.4, -0.2) is 72.4 Å². The first kappa shape index (κ1) is 25.1. The molecule has 2 unspecified atom stereocenters. The molecule has 0 aromatic rings. The van der Waals surface area contributed by atoms with Crippen LogP contribution in [0.15, 0.2) is 12.2 Å². The Hall–Kier alpha value is -2.21. The number of carbonyl (C=O) groups is 5. The molecule has 2 bridgehead atoms. The van der Waals surface area contributed by atoms with Crippen molar-refractivity contribution in [3.63, 3.8) is 0 Å². The molecule has 0 aromatic carbocycles. The van der Waals surface area contributed by atoms with Gasteiger partial charge in [-0.3, -0.25) is 24.0 Å². The molecule has 0 radical (unpaired) electrons. The van der Waals surface area contributed by atoms with E-state index in [1.807, 2.05) is 19.9 Å². The molecule has 2 heterocycles. The molecule has 4 N–H and O–H groups in total. The summed E-state index contributed by atoms with van der Waals surface area (Å²) in [5.41, 5.74) is -1.23. The fourth-order valence-electron chi connectivity index (χ4n) is 2.91. The van der Waals surface area contributed by atoms with Gasteiger partial charge in [-0.1, -0.05) is 41.5 Å². The average Bonchev–Trinajstić information content (AvgIpc) is 2.71. The molecule has 2 aliphatic heterocycles. The Morgan fingerprint density at radius 3 is 2.42 bits per heavy atom. The van der Waals surface area contributed by atoms with Crippen molar-refractivity contribution < 1.29 is 28.7 Å². The zero-order valence-corrected chi connectivity index (χ0v) is 19.2. The van der Waals surface area contributed by atoms with Crippen molar-refractivity contribution in [1.29, 1.82) is 0 Å². The fourth-order valence-corrected chi connectivity index (χ4v) is 5.07. The monoisotopic (exact) mass is 472 g/mol. The highest BCUT2D eigenvalue weighted by Crippen LogP contribution is 2.29. The summed E-state index contributed by atoms with van der Waals surface area (Å²) < 4.78 is 5.68. The topological polar surface area (TPSA) is 143 Å². The Bertz CT molecular complexity index is 745. The maximum absolute atomic E-state index is 12.6. The number of hydrogen-bond donors (Lipinski definition) is 4. The molecule has 1 fully saturated rings. The first-order valence-electron chi connectivity index (χ1n) is 9.96. The first-order chi connectivity index (χ1) is 14.7. The molecule has 0 spiro atoms. The van der Waals surface area contributed by atoms with Crippen LogP contribution >= 0.6 is 21.6 Å². The molecule has 172 valence electrons. The minimum Gasteiger partial charge on any atom is -0.453 e. The summed E-state index contributed by atoms with van der Waals surface area (Å²) in [6, 6.07) is -0.872. The number of esters is 1. The molecule has 1 saturated heterocycles. The summed E-state index contributed by atoms with van der Waals surface area (Å²) in [5, 5.41) is 9.97. The molecule has 2 rings (SSSR count). The minimum atomic E-state index is -1.23. The average molecular weight is 473 g/mol. The number of carbonyl (C=O) groups excluding carboxylic acids is 5. The second kappa shape index (κ2) is 12.0. The molecule has 0 aromatic heterocycles. The van der Waals surface area contributed by atoms with Crippen molar-refractivity contribution in [3.8, 4) is 0 Å². The van der Waals surface area contributed by atoms with Gasteiger partial charge in [0.05, 0.1) is 19.5 Å². The lowest BCUT2D eigenvalue weighted by Crippen LogP contribution is -2.53. The first-order valence-corrected chi connectivity index (χ1v) is 12.4. The van der Waals surface area contributed by atoms with Crippen LogP contribution in [0.5, 0.6) is 0 Å². The van der Waals surface area contributed by atoms with E-state index < -0.39 is 47.8 Å². The van der Waals surface area contributed by atoms with E-state index in [2.05, 4.69) is 21.3 Å². The van der Waals surface area contributed by atoms with E-state index >= 15 is 0 Å². The summed E-state index contributed by atoms with van der Waals surface area (Å²) in [6.07, 6.45) is 4.05. The van der Waals surface area contributed by atoms with E-state index in [9.17, 15) is 24.0 Å². The van der Waals surface area contributed by atoms with Crippen LogP contribution in [0.4, 0.5) is 0 Å². The Balaban J connectivity index is 2.39. The molecule has 0 aliphatic carbocycles. The van der Waals surface area contributed by atoms with Crippen molar-refractivity contribution >= 4 is 51.2 Å². The molecule has 2 atom stereocenters. The normalized spacial score (nSPS) is 27.5. The van der Waals surface area contributed by atoms with Crippen molar-refractivity contribution in [3.05, 3.63) is 12.2 Å². The van der Waals surface area contributed by atoms with E-state index in [1.54, 1.807) is 6.08 Å². The molecular formula is C19H28N4O6S2. The van der Waals surface area contributed by atoms with Crippen molar-refractivity contribution in [1.82, 2.24) is 21.3 Å². The molecular weight excluding hydrogens is 444 g/mol. The number of nitrogens with one attached hydrogen (secondary N) is 4. The van der Waals surface area contributed by atoms with Gasteiger partial charge >= 0.3 is 5.97 Å². The maximum atomic E-state index is 12.6. The number of ether oxygens (including phenoxy) is 1. The Labute approximate surface area is 188 Å². The van der Waals surface area contributed by atoms with E-state index in [0.29, 0.717) is 12.2 Å². The summed E-state index contributed by atoms with van der Waals surface area (Å²) in [4.78, 5) is 61.8. The maximum Gasteiger partial charge on any atom is 0.326 e. The Kier molecular flexibility index (Phi) is 9.69. The SMILES string of the molecule is CC(C)C12C=CCCSSCC(NC(=O)CNC(=O)C1)C(=O)NCC(=O)NCC(=O)O2. The highest BCUT2D eigenvalue weighted by Gasteiger charge is 2.38.